The monoisotopic (exact) mass is 476 g/mol. The number of hydrogen-bond donors (Lipinski definition) is 1. The molecule has 1 N–H and O–H groups in total. The number of para-hydroxylation sites is 2. The van der Waals surface area contributed by atoms with E-state index in [1.165, 1.54) is 17.0 Å². The van der Waals surface area contributed by atoms with Gasteiger partial charge in [0.05, 0.1) is 19.9 Å². The summed E-state index contributed by atoms with van der Waals surface area (Å²) in [7, 11) is 3.13. The number of nitrogens with zero attached hydrogens (tertiary/aromatic N) is 1. The van der Waals surface area contributed by atoms with E-state index in [1.54, 1.807) is 56.7 Å². The fraction of sp³-hybridized carbons (Fsp3) is 0.185. The average Bonchev–Trinajstić information content (AvgIpc) is 2.87. The van der Waals surface area contributed by atoms with Crippen molar-refractivity contribution >= 4 is 23.6 Å². The van der Waals surface area contributed by atoms with E-state index < -0.39 is 11.7 Å². The van der Waals surface area contributed by atoms with Crippen LogP contribution in [0.25, 0.3) is 6.08 Å². The minimum absolute atomic E-state index is 0.0630. The van der Waals surface area contributed by atoms with E-state index in [1.807, 2.05) is 18.2 Å². The summed E-state index contributed by atoms with van der Waals surface area (Å²) in [4.78, 5) is 27.2. The number of halogens is 1. The van der Waals surface area contributed by atoms with E-state index in [0.29, 0.717) is 35.9 Å². The molecular formula is C27H25FN2O5. The van der Waals surface area contributed by atoms with Crippen molar-refractivity contribution in [1.82, 2.24) is 5.32 Å². The minimum Gasteiger partial charge on any atom is -0.493 e. The van der Waals surface area contributed by atoms with Gasteiger partial charge in [-0.1, -0.05) is 36.4 Å². The van der Waals surface area contributed by atoms with Gasteiger partial charge in [-0.2, -0.15) is 0 Å². The Morgan fingerprint density at radius 2 is 1.77 bits per heavy atom. The van der Waals surface area contributed by atoms with Gasteiger partial charge in [0.1, 0.15) is 12.4 Å². The first-order valence-corrected chi connectivity index (χ1v) is 11.0. The van der Waals surface area contributed by atoms with Crippen LogP contribution in [0.4, 0.5) is 10.1 Å². The molecule has 1 aliphatic heterocycles. The Hall–Kier alpha value is -4.33. The molecule has 180 valence electrons. The molecular weight excluding hydrogens is 451 g/mol. The molecule has 3 aromatic carbocycles. The Morgan fingerprint density at radius 3 is 2.54 bits per heavy atom. The smallest absolute Gasteiger partial charge is 0.294 e. The topological polar surface area (TPSA) is 77.1 Å². The van der Waals surface area contributed by atoms with Gasteiger partial charge in [0.25, 0.3) is 5.91 Å². The molecule has 7 nitrogen and oxygen atoms in total. The number of anilines is 1. The van der Waals surface area contributed by atoms with Crippen LogP contribution in [0.5, 0.6) is 17.2 Å². The first-order chi connectivity index (χ1) is 17.0. The van der Waals surface area contributed by atoms with Crippen molar-refractivity contribution in [2.75, 3.05) is 32.2 Å². The van der Waals surface area contributed by atoms with Crippen molar-refractivity contribution in [2.45, 2.75) is 6.42 Å². The van der Waals surface area contributed by atoms with Crippen LogP contribution >= 0.6 is 0 Å². The number of hydrogen-bond acceptors (Lipinski definition) is 5. The molecule has 0 radical (unpaired) electrons. The fourth-order valence-corrected chi connectivity index (χ4v) is 3.73. The molecule has 0 saturated heterocycles. The van der Waals surface area contributed by atoms with E-state index in [-0.39, 0.29) is 23.8 Å². The molecule has 35 heavy (non-hydrogen) atoms. The third-order valence-corrected chi connectivity index (χ3v) is 5.51. The summed E-state index contributed by atoms with van der Waals surface area (Å²) in [6, 6.07) is 18.5. The summed E-state index contributed by atoms with van der Waals surface area (Å²) in [6.07, 6.45) is 1.91. The predicted molar refractivity (Wildman–Crippen MR) is 130 cm³/mol. The third kappa shape index (κ3) is 5.43. The van der Waals surface area contributed by atoms with Crippen molar-refractivity contribution in [3.8, 4) is 17.2 Å². The van der Waals surface area contributed by atoms with Gasteiger partial charge in [0.2, 0.25) is 5.91 Å². The van der Waals surface area contributed by atoms with Crippen LogP contribution in [0.2, 0.25) is 0 Å². The first kappa shape index (κ1) is 23.8. The molecule has 8 heteroatoms. The number of amides is 2. The summed E-state index contributed by atoms with van der Waals surface area (Å²) >= 11 is 0. The normalized spacial score (nSPS) is 13.7. The SMILES string of the molecule is COc1ccc(CCNC(=O)CN2C(=O)/C(=C/c3ccccc3F)Oc3ccccc32)cc1OC. The van der Waals surface area contributed by atoms with Crippen LogP contribution in [-0.4, -0.2) is 39.1 Å². The summed E-state index contributed by atoms with van der Waals surface area (Å²) in [5, 5.41) is 2.84. The predicted octanol–water partition coefficient (Wildman–Crippen LogP) is 3.97. The second-order valence-corrected chi connectivity index (χ2v) is 7.78. The van der Waals surface area contributed by atoms with Crippen molar-refractivity contribution in [1.29, 1.82) is 0 Å². The molecule has 4 rings (SSSR count). The maximum Gasteiger partial charge on any atom is 0.294 e. The second-order valence-electron chi connectivity index (χ2n) is 7.78. The lowest BCUT2D eigenvalue weighted by molar-refractivity contribution is -0.123. The summed E-state index contributed by atoms with van der Waals surface area (Å²) < 4.78 is 30.4. The van der Waals surface area contributed by atoms with Gasteiger partial charge in [-0.25, -0.2) is 4.39 Å². The molecule has 0 spiro atoms. The van der Waals surface area contributed by atoms with E-state index in [4.69, 9.17) is 14.2 Å². The molecule has 3 aromatic rings. The molecule has 0 bridgehead atoms. The quantitative estimate of drug-likeness (QED) is 0.498. The van der Waals surface area contributed by atoms with Crippen molar-refractivity contribution in [3.05, 3.63) is 89.4 Å². The Kier molecular flexibility index (Phi) is 7.30. The van der Waals surface area contributed by atoms with Crippen LogP contribution in [0, 0.1) is 5.82 Å². The highest BCUT2D eigenvalue weighted by molar-refractivity contribution is 6.12. The number of ether oxygens (including phenoxy) is 3. The van der Waals surface area contributed by atoms with Crippen LogP contribution in [0.1, 0.15) is 11.1 Å². The van der Waals surface area contributed by atoms with Crippen LogP contribution in [0.15, 0.2) is 72.5 Å². The van der Waals surface area contributed by atoms with Gasteiger partial charge < -0.3 is 19.5 Å². The van der Waals surface area contributed by atoms with Gasteiger partial charge in [0.15, 0.2) is 23.0 Å². The minimum atomic E-state index is -0.526. The molecule has 1 heterocycles. The number of rotatable bonds is 8. The maximum absolute atomic E-state index is 14.1. The maximum atomic E-state index is 14.1. The van der Waals surface area contributed by atoms with Crippen LogP contribution < -0.4 is 24.4 Å². The van der Waals surface area contributed by atoms with Gasteiger partial charge in [-0.05, 0) is 48.4 Å². The van der Waals surface area contributed by atoms with E-state index in [2.05, 4.69) is 5.32 Å². The molecule has 0 unspecified atom stereocenters. The Bertz CT molecular complexity index is 1270. The highest BCUT2D eigenvalue weighted by atomic mass is 19.1. The molecule has 0 aromatic heterocycles. The lowest BCUT2D eigenvalue weighted by Crippen LogP contribution is -2.44. The zero-order chi connectivity index (χ0) is 24.8. The Balaban J connectivity index is 1.46. The zero-order valence-corrected chi connectivity index (χ0v) is 19.4. The van der Waals surface area contributed by atoms with E-state index in [0.717, 1.165) is 5.56 Å². The average molecular weight is 477 g/mol. The number of carbonyl (C=O) groups excluding carboxylic acids is 2. The van der Waals surface area contributed by atoms with E-state index in [9.17, 15) is 14.0 Å². The molecule has 0 atom stereocenters. The fourth-order valence-electron chi connectivity index (χ4n) is 3.73. The van der Waals surface area contributed by atoms with Gasteiger partial charge in [0, 0.05) is 12.1 Å². The first-order valence-electron chi connectivity index (χ1n) is 11.0. The summed E-state index contributed by atoms with van der Waals surface area (Å²) in [5.41, 5.74) is 1.65. The highest BCUT2D eigenvalue weighted by Crippen LogP contribution is 2.35. The zero-order valence-electron chi connectivity index (χ0n) is 19.4. The van der Waals surface area contributed by atoms with Crippen LogP contribution in [-0.2, 0) is 16.0 Å². The number of benzene rings is 3. The molecule has 1 aliphatic rings. The molecule has 0 saturated carbocycles. The number of carbonyl (C=O) groups is 2. The highest BCUT2D eigenvalue weighted by Gasteiger charge is 2.31. The lowest BCUT2D eigenvalue weighted by atomic mass is 10.1. The number of nitrogens with one attached hydrogen (secondary N) is 1. The van der Waals surface area contributed by atoms with Crippen molar-refractivity contribution in [3.63, 3.8) is 0 Å². The number of methoxy groups -OCH3 is 2. The van der Waals surface area contributed by atoms with Gasteiger partial charge >= 0.3 is 0 Å². The molecule has 2 amide bonds. The molecule has 0 fully saturated rings. The van der Waals surface area contributed by atoms with Crippen molar-refractivity contribution in [2.24, 2.45) is 0 Å². The van der Waals surface area contributed by atoms with E-state index >= 15 is 0 Å². The molecule has 0 aliphatic carbocycles. The van der Waals surface area contributed by atoms with Gasteiger partial charge in [-0.3, -0.25) is 14.5 Å². The van der Waals surface area contributed by atoms with Crippen LogP contribution in [0.3, 0.4) is 0 Å². The largest absolute Gasteiger partial charge is 0.493 e. The Morgan fingerprint density at radius 1 is 1.03 bits per heavy atom. The second kappa shape index (κ2) is 10.7. The third-order valence-electron chi connectivity index (χ3n) is 5.51. The van der Waals surface area contributed by atoms with Gasteiger partial charge in [-0.15, -0.1) is 0 Å². The summed E-state index contributed by atoms with van der Waals surface area (Å²) in [5.74, 6) is 0.252. The Labute approximate surface area is 202 Å². The lowest BCUT2D eigenvalue weighted by Gasteiger charge is -2.30. The summed E-state index contributed by atoms with van der Waals surface area (Å²) in [6.45, 7) is 0.159. The standard InChI is InChI=1S/C27H25FN2O5/c1-33-23-12-11-18(15-24(23)34-2)13-14-29-26(31)17-30-21-9-5-6-10-22(21)35-25(27(30)32)16-19-7-3-4-8-20(19)28/h3-12,15-16H,13-14,17H2,1-2H3,(H,29,31)/b25-16-. The van der Waals surface area contributed by atoms with Crippen molar-refractivity contribution < 1.29 is 28.2 Å². The number of fused-ring (bicyclic) bond motifs is 1.